The van der Waals surface area contributed by atoms with E-state index in [1.807, 2.05) is 30.3 Å². The molecule has 0 saturated carbocycles. The molecule has 12 nitrogen and oxygen atoms in total. The van der Waals surface area contributed by atoms with Gasteiger partial charge in [-0.2, -0.15) is 0 Å². The molecule has 4 amide bonds. The van der Waals surface area contributed by atoms with Gasteiger partial charge in [-0.1, -0.05) is 42.5 Å². The van der Waals surface area contributed by atoms with Crippen LogP contribution in [0.1, 0.15) is 30.9 Å². The van der Waals surface area contributed by atoms with Crippen LogP contribution >= 0.6 is 0 Å². The van der Waals surface area contributed by atoms with Crippen LogP contribution in [-0.4, -0.2) is 83.3 Å². The molecule has 0 saturated heterocycles. The van der Waals surface area contributed by atoms with Crippen molar-refractivity contribution in [3.63, 3.8) is 0 Å². The van der Waals surface area contributed by atoms with Crippen LogP contribution in [-0.2, 0) is 32.0 Å². The van der Waals surface area contributed by atoms with Crippen LogP contribution < -0.4 is 22.1 Å². The molecule has 0 spiro atoms. The molecule has 0 bridgehead atoms. The number of likely N-dealkylation sites (N-methyl/N-ethyl adjacent to an activating group) is 2. The second kappa shape index (κ2) is 15.1. The Morgan fingerprint density at radius 3 is 2.02 bits per heavy atom. The van der Waals surface area contributed by atoms with E-state index in [0.717, 1.165) is 5.56 Å². The molecule has 0 fully saturated rings. The van der Waals surface area contributed by atoms with E-state index in [1.165, 1.54) is 43.0 Å². The second-order valence-corrected chi connectivity index (χ2v) is 9.62. The predicted octanol–water partition coefficient (Wildman–Crippen LogP) is 0.0847. The van der Waals surface area contributed by atoms with Crippen molar-refractivity contribution in [1.29, 1.82) is 5.41 Å². The smallest absolute Gasteiger partial charge is 0.245 e. The van der Waals surface area contributed by atoms with Gasteiger partial charge < -0.3 is 37.0 Å². The topological polar surface area (TPSA) is 195 Å². The highest BCUT2D eigenvalue weighted by Gasteiger charge is 2.34. The maximum Gasteiger partial charge on any atom is 0.245 e. The number of carbonyl (C=O) groups is 4. The number of primary amides is 1. The molecule has 3 atom stereocenters. The van der Waals surface area contributed by atoms with E-state index in [4.69, 9.17) is 16.9 Å². The van der Waals surface area contributed by atoms with Crippen molar-refractivity contribution in [3.8, 4) is 5.75 Å². The first-order valence-electron chi connectivity index (χ1n) is 12.9. The van der Waals surface area contributed by atoms with E-state index in [1.54, 1.807) is 12.1 Å². The number of benzene rings is 2. The lowest BCUT2D eigenvalue weighted by Crippen LogP contribution is -2.57. The molecule has 2 aromatic carbocycles. The van der Waals surface area contributed by atoms with Gasteiger partial charge in [0.05, 0.1) is 0 Å². The maximum atomic E-state index is 13.7. The predicted molar refractivity (Wildman–Crippen MR) is 151 cm³/mol. The van der Waals surface area contributed by atoms with E-state index >= 15 is 0 Å². The van der Waals surface area contributed by atoms with Gasteiger partial charge >= 0.3 is 0 Å². The number of aromatic hydroxyl groups is 1. The van der Waals surface area contributed by atoms with Gasteiger partial charge in [0.2, 0.25) is 23.6 Å². The van der Waals surface area contributed by atoms with Gasteiger partial charge in [-0.3, -0.25) is 24.6 Å². The highest BCUT2D eigenvalue weighted by molar-refractivity contribution is 5.94. The van der Waals surface area contributed by atoms with Crippen molar-refractivity contribution < 1.29 is 24.3 Å². The lowest BCUT2D eigenvalue weighted by Gasteiger charge is -2.32. The van der Waals surface area contributed by atoms with Gasteiger partial charge in [0.25, 0.3) is 0 Å². The Morgan fingerprint density at radius 1 is 0.900 bits per heavy atom. The van der Waals surface area contributed by atoms with Crippen LogP contribution in [0, 0.1) is 5.41 Å². The molecule has 8 N–H and O–H groups in total. The largest absolute Gasteiger partial charge is 0.508 e. The van der Waals surface area contributed by atoms with Gasteiger partial charge in [0, 0.05) is 40.4 Å². The Morgan fingerprint density at radius 2 is 1.48 bits per heavy atom. The Bertz CT molecular complexity index is 1170. The zero-order valence-electron chi connectivity index (χ0n) is 23.1. The molecule has 0 aliphatic rings. The van der Waals surface area contributed by atoms with Gasteiger partial charge in [0.1, 0.15) is 23.9 Å². The van der Waals surface area contributed by atoms with Crippen LogP contribution in [0.3, 0.4) is 0 Å². The van der Waals surface area contributed by atoms with Gasteiger partial charge in [-0.25, -0.2) is 0 Å². The van der Waals surface area contributed by atoms with Crippen molar-refractivity contribution >= 4 is 29.6 Å². The molecule has 0 aliphatic carbocycles. The Labute approximate surface area is 234 Å². The zero-order valence-corrected chi connectivity index (χ0v) is 23.1. The normalized spacial score (nSPS) is 12.9. The number of nitrogens with one attached hydrogen (secondary N) is 3. The van der Waals surface area contributed by atoms with Crippen LogP contribution in [0.25, 0.3) is 0 Å². The third-order valence-electron chi connectivity index (χ3n) is 6.65. The number of phenols is 1. The Balaban J connectivity index is 2.30. The summed E-state index contributed by atoms with van der Waals surface area (Å²) in [5, 5.41) is 22.4. The lowest BCUT2D eigenvalue weighted by molar-refractivity contribution is -0.143. The fourth-order valence-electron chi connectivity index (χ4n) is 4.20. The van der Waals surface area contributed by atoms with E-state index in [2.05, 4.69) is 10.6 Å². The summed E-state index contributed by atoms with van der Waals surface area (Å²) in [4.78, 5) is 54.3. The lowest BCUT2D eigenvalue weighted by atomic mass is 10.0. The van der Waals surface area contributed by atoms with Crippen LogP contribution in [0.5, 0.6) is 5.75 Å². The number of hydrogen-bond acceptors (Lipinski definition) is 6. The number of rotatable bonds is 14. The fraction of sp³-hybridized carbons (Fsp3) is 0.393. The van der Waals surface area contributed by atoms with E-state index in [9.17, 15) is 24.3 Å². The molecule has 0 heterocycles. The molecule has 40 heavy (non-hydrogen) atoms. The zero-order chi connectivity index (χ0) is 29.8. The van der Waals surface area contributed by atoms with Crippen molar-refractivity contribution in [2.24, 2.45) is 11.5 Å². The number of nitrogens with two attached hydrogens (primary N) is 2. The molecule has 0 radical (unpaired) electrons. The summed E-state index contributed by atoms with van der Waals surface area (Å²) in [5.41, 5.74) is 12.5. The Kier molecular flexibility index (Phi) is 11.9. The summed E-state index contributed by atoms with van der Waals surface area (Å²) in [6.07, 6.45) is 0.876. The van der Waals surface area contributed by atoms with Crippen molar-refractivity contribution in [3.05, 3.63) is 65.7 Å². The van der Waals surface area contributed by atoms with Gasteiger partial charge in [-0.15, -0.1) is 0 Å². The minimum absolute atomic E-state index is 0.0667. The summed E-state index contributed by atoms with van der Waals surface area (Å²) in [7, 11) is 2.96. The number of guanidine groups is 1. The number of amides is 4. The first-order chi connectivity index (χ1) is 18.9. The van der Waals surface area contributed by atoms with Crippen molar-refractivity contribution in [2.45, 2.75) is 50.7 Å². The molecule has 2 aromatic rings. The Hall–Kier alpha value is -4.61. The molecule has 12 heteroatoms. The average molecular weight is 554 g/mol. The molecule has 2 rings (SSSR count). The van der Waals surface area contributed by atoms with Crippen LogP contribution in [0.2, 0.25) is 0 Å². The summed E-state index contributed by atoms with van der Waals surface area (Å²) >= 11 is 0. The molecule has 0 aliphatic heterocycles. The van der Waals surface area contributed by atoms with Crippen LogP contribution in [0.15, 0.2) is 54.6 Å². The maximum absolute atomic E-state index is 13.7. The van der Waals surface area contributed by atoms with Gasteiger partial charge in [-0.05, 0) is 36.1 Å². The second-order valence-electron chi connectivity index (χ2n) is 9.62. The van der Waals surface area contributed by atoms with Gasteiger partial charge in [0.15, 0.2) is 5.96 Å². The fourth-order valence-corrected chi connectivity index (χ4v) is 4.20. The highest BCUT2D eigenvalue weighted by Crippen LogP contribution is 2.15. The minimum atomic E-state index is -1.05. The highest BCUT2D eigenvalue weighted by atomic mass is 16.3. The molecule has 0 aromatic heterocycles. The summed E-state index contributed by atoms with van der Waals surface area (Å²) < 4.78 is 0. The van der Waals surface area contributed by atoms with Crippen molar-refractivity contribution in [1.82, 2.24) is 20.4 Å². The minimum Gasteiger partial charge on any atom is -0.508 e. The first kappa shape index (κ1) is 31.6. The first-order valence-corrected chi connectivity index (χ1v) is 12.9. The third kappa shape index (κ3) is 9.61. The molecule has 3 unspecified atom stereocenters. The summed E-state index contributed by atoms with van der Waals surface area (Å²) in [6.45, 7) is 1.62. The van der Waals surface area contributed by atoms with Crippen molar-refractivity contribution in [2.75, 3.05) is 20.6 Å². The third-order valence-corrected chi connectivity index (χ3v) is 6.65. The quantitative estimate of drug-likeness (QED) is 0.108. The molecule has 216 valence electrons. The SMILES string of the molecule is CC(=O)N(C)C(Cc1ccc(O)cc1)C(=O)NC(CCCNC(=N)N)C(=O)N(C)C(Cc1ccccc1)C(N)=O. The number of hydrogen-bond donors (Lipinski definition) is 6. The standard InChI is InChI=1S/C28H39N7O5/c1-18(36)34(2)24(17-20-11-13-21(37)14-12-20)26(39)33-22(10-7-15-32-28(30)31)27(40)35(3)23(25(29)38)16-19-8-5-4-6-9-19/h4-6,8-9,11-14,22-24,37H,7,10,15-17H2,1-3H3,(H2,29,38)(H,33,39)(H4,30,31,32). The van der Waals surface area contributed by atoms with E-state index < -0.39 is 35.8 Å². The number of carbonyl (C=O) groups excluding carboxylic acids is 4. The van der Waals surface area contributed by atoms with E-state index in [-0.39, 0.29) is 43.4 Å². The summed E-state index contributed by atoms with van der Waals surface area (Å²) in [6, 6.07) is 12.4. The monoisotopic (exact) mass is 553 g/mol. The molecular weight excluding hydrogens is 514 g/mol. The summed E-state index contributed by atoms with van der Waals surface area (Å²) in [5.74, 6) is -2.28. The van der Waals surface area contributed by atoms with Crippen LogP contribution in [0.4, 0.5) is 0 Å². The van der Waals surface area contributed by atoms with E-state index in [0.29, 0.717) is 12.0 Å². The molecular formula is C28H39N7O5. The average Bonchev–Trinajstić information content (AvgIpc) is 2.92. The number of phenolic OH excluding ortho intramolecular Hbond substituents is 1. The number of nitrogens with zero attached hydrogens (tertiary/aromatic N) is 2.